The van der Waals surface area contributed by atoms with Gasteiger partial charge in [0.1, 0.15) is 12.4 Å². The molecule has 0 aromatic heterocycles. The molecule has 13 heavy (non-hydrogen) atoms. The van der Waals surface area contributed by atoms with E-state index in [9.17, 15) is 0 Å². The minimum absolute atomic E-state index is 0.142. The fourth-order valence-electron chi connectivity index (χ4n) is 1.23. The molecule has 0 radical (unpaired) electrons. The van der Waals surface area contributed by atoms with Crippen LogP contribution in [-0.4, -0.2) is 18.0 Å². The van der Waals surface area contributed by atoms with Crippen LogP contribution in [0.15, 0.2) is 22.7 Å². The largest absolute Gasteiger partial charge is 0.489 e. The Bertz CT molecular complexity index is 342. The molecule has 1 unspecified atom stereocenters. The smallest absolute Gasteiger partial charge is 0.143 e. The average Bonchev–Trinajstić information content (AvgIpc) is 2.17. The summed E-state index contributed by atoms with van der Waals surface area (Å²) in [6.07, 6.45) is 0. The van der Waals surface area contributed by atoms with E-state index in [1.165, 1.54) is 0 Å². The fourth-order valence-corrected chi connectivity index (χ4v) is 1.72. The van der Waals surface area contributed by atoms with Crippen LogP contribution in [0, 0.1) is 0 Å². The minimum Gasteiger partial charge on any atom is -0.489 e. The van der Waals surface area contributed by atoms with Crippen LogP contribution < -0.4 is 10.1 Å². The molecule has 2 nitrogen and oxygen atoms in total. The van der Waals surface area contributed by atoms with Crippen LogP contribution in [0.4, 0.5) is 5.69 Å². The van der Waals surface area contributed by atoms with Crippen molar-refractivity contribution in [2.45, 2.75) is 6.04 Å². The molecule has 0 saturated heterocycles. The summed E-state index contributed by atoms with van der Waals surface area (Å²) in [6, 6.07) is 6.04. The van der Waals surface area contributed by atoms with Crippen LogP contribution in [0.25, 0.3) is 0 Å². The number of ether oxygens (including phenoxy) is 1. The number of benzene rings is 1. The van der Waals surface area contributed by atoms with E-state index < -0.39 is 0 Å². The molecule has 1 aromatic carbocycles. The Morgan fingerprint density at radius 2 is 2.46 bits per heavy atom. The summed E-state index contributed by atoms with van der Waals surface area (Å²) in [5.74, 6) is 0.877. The number of halogens is 1. The highest BCUT2D eigenvalue weighted by molar-refractivity contribution is 9.10. The van der Waals surface area contributed by atoms with E-state index in [0.717, 1.165) is 15.9 Å². The van der Waals surface area contributed by atoms with Gasteiger partial charge in [-0.3, -0.25) is 0 Å². The number of thiocarbonyl (C=S) groups is 1. The van der Waals surface area contributed by atoms with E-state index in [4.69, 9.17) is 17.0 Å². The Morgan fingerprint density at radius 1 is 1.62 bits per heavy atom. The van der Waals surface area contributed by atoms with Crippen molar-refractivity contribution < 1.29 is 4.74 Å². The molecule has 1 heterocycles. The van der Waals surface area contributed by atoms with Gasteiger partial charge in [-0.05, 0) is 18.2 Å². The molecule has 0 amide bonds. The normalized spacial score (nSPS) is 19.6. The number of hydrogen-bond donors (Lipinski definition) is 1. The summed E-state index contributed by atoms with van der Waals surface area (Å²) in [5, 5.41) is 4.95. The van der Waals surface area contributed by atoms with E-state index in [-0.39, 0.29) is 6.04 Å². The Morgan fingerprint density at radius 3 is 3.23 bits per heavy atom. The van der Waals surface area contributed by atoms with E-state index >= 15 is 0 Å². The second-order valence-electron chi connectivity index (χ2n) is 2.84. The van der Waals surface area contributed by atoms with Gasteiger partial charge < -0.3 is 10.1 Å². The summed E-state index contributed by atoms with van der Waals surface area (Å²) in [6.45, 7) is 0.604. The van der Waals surface area contributed by atoms with E-state index in [2.05, 4.69) is 21.2 Å². The van der Waals surface area contributed by atoms with Crippen molar-refractivity contribution in [2.75, 3.05) is 11.9 Å². The Kier molecular flexibility index (Phi) is 2.51. The van der Waals surface area contributed by atoms with Gasteiger partial charge in [-0.25, -0.2) is 0 Å². The van der Waals surface area contributed by atoms with E-state index in [1.807, 2.05) is 18.2 Å². The quantitative estimate of drug-likeness (QED) is 0.782. The third-order valence-electron chi connectivity index (χ3n) is 1.87. The SMILES string of the molecule is S=CC1COc2cc(Br)ccc2N1. The van der Waals surface area contributed by atoms with Crippen molar-refractivity contribution in [3.8, 4) is 5.75 Å². The first-order valence-corrected chi connectivity index (χ1v) is 5.20. The second-order valence-corrected chi connectivity index (χ2v) is 4.03. The number of hydrogen-bond acceptors (Lipinski definition) is 3. The molecule has 1 aliphatic rings. The van der Waals surface area contributed by atoms with Gasteiger partial charge in [0.2, 0.25) is 0 Å². The van der Waals surface area contributed by atoms with Crippen LogP contribution in [0.3, 0.4) is 0 Å². The predicted molar refractivity (Wildman–Crippen MR) is 60.7 cm³/mol. The molecule has 68 valence electrons. The first kappa shape index (κ1) is 8.97. The maximum atomic E-state index is 5.52. The zero-order chi connectivity index (χ0) is 9.26. The van der Waals surface area contributed by atoms with E-state index in [0.29, 0.717) is 6.61 Å². The van der Waals surface area contributed by atoms with Crippen LogP contribution in [0.2, 0.25) is 0 Å². The maximum Gasteiger partial charge on any atom is 0.143 e. The highest BCUT2D eigenvalue weighted by atomic mass is 79.9. The van der Waals surface area contributed by atoms with Gasteiger partial charge in [-0.15, -0.1) is 0 Å². The monoisotopic (exact) mass is 257 g/mol. The molecule has 1 aliphatic heterocycles. The lowest BCUT2D eigenvalue weighted by Crippen LogP contribution is -2.31. The lowest BCUT2D eigenvalue weighted by Gasteiger charge is -2.24. The third kappa shape index (κ3) is 1.84. The highest BCUT2D eigenvalue weighted by Crippen LogP contribution is 2.31. The van der Waals surface area contributed by atoms with Crippen molar-refractivity contribution >= 4 is 39.2 Å². The molecular weight excluding hydrogens is 250 g/mol. The lowest BCUT2D eigenvalue weighted by molar-refractivity contribution is 0.309. The van der Waals surface area contributed by atoms with Crippen LogP contribution in [0.1, 0.15) is 0 Å². The number of anilines is 1. The van der Waals surface area contributed by atoms with Crippen molar-refractivity contribution in [3.05, 3.63) is 22.7 Å². The van der Waals surface area contributed by atoms with Gasteiger partial charge in [-0.2, -0.15) is 0 Å². The number of nitrogens with one attached hydrogen (secondary N) is 1. The molecule has 1 aromatic rings. The number of fused-ring (bicyclic) bond motifs is 1. The lowest BCUT2D eigenvalue weighted by atomic mass is 10.2. The van der Waals surface area contributed by atoms with Crippen LogP contribution in [0.5, 0.6) is 5.75 Å². The van der Waals surface area contributed by atoms with Crippen LogP contribution >= 0.6 is 28.1 Å². The Hall–Kier alpha value is -0.610. The molecule has 1 N–H and O–H groups in total. The second kappa shape index (κ2) is 3.64. The highest BCUT2D eigenvalue weighted by Gasteiger charge is 2.16. The molecule has 0 aliphatic carbocycles. The molecule has 4 heteroatoms. The van der Waals surface area contributed by atoms with Crippen LogP contribution in [-0.2, 0) is 0 Å². The van der Waals surface area contributed by atoms with Crippen molar-refractivity contribution in [2.24, 2.45) is 0 Å². The molecule has 2 rings (SSSR count). The van der Waals surface area contributed by atoms with Crippen molar-refractivity contribution in [1.82, 2.24) is 0 Å². The molecule has 1 atom stereocenters. The zero-order valence-electron chi connectivity index (χ0n) is 6.79. The molecular formula is C9H8BrNOS. The van der Waals surface area contributed by atoms with Gasteiger partial charge in [-0.1, -0.05) is 28.1 Å². The van der Waals surface area contributed by atoms with Crippen molar-refractivity contribution in [1.29, 1.82) is 0 Å². The summed E-state index contributed by atoms with van der Waals surface area (Å²) in [5.41, 5.74) is 1.00. The standard InChI is InChI=1S/C9H8BrNOS/c10-6-1-2-8-9(3-6)12-4-7(5-13)11-8/h1-3,5,7,11H,4H2. The number of rotatable bonds is 1. The predicted octanol–water partition coefficient (Wildman–Crippen LogP) is 2.62. The molecule has 0 fully saturated rings. The molecule has 0 saturated carbocycles. The topological polar surface area (TPSA) is 21.3 Å². The van der Waals surface area contributed by atoms with E-state index in [1.54, 1.807) is 5.37 Å². The Labute approximate surface area is 90.4 Å². The first-order chi connectivity index (χ1) is 6.29. The maximum absolute atomic E-state index is 5.52. The zero-order valence-corrected chi connectivity index (χ0v) is 9.19. The molecule has 0 bridgehead atoms. The van der Waals surface area contributed by atoms with Gasteiger partial charge >= 0.3 is 0 Å². The van der Waals surface area contributed by atoms with Gasteiger partial charge in [0.15, 0.2) is 0 Å². The summed E-state index contributed by atoms with van der Waals surface area (Å²) in [7, 11) is 0. The summed E-state index contributed by atoms with van der Waals surface area (Å²) < 4.78 is 6.54. The minimum atomic E-state index is 0.142. The first-order valence-electron chi connectivity index (χ1n) is 3.94. The van der Waals surface area contributed by atoms with Gasteiger partial charge in [0.05, 0.1) is 11.7 Å². The molecule has 0 spiro atoms. The fraction of sp³-hybridized carbons (Fsp3) is 0.222. The van der Waals surface area contributed by atoms with Crippen molar-refractivity contribution in [3.63, 3.8) is 0 Å². The summed E-state index contributed by atoms with van der Waals surface area (Å²) >= 11 is 8.24. The van der Waals surface area contributed by atoms with Gasteiger partial charge in [0.25, 0.3) is 0 Å². The Balaban J connectivity index is 2.31. The van der Waals surface area contributed by atoms with Gasteiger partial charge in [0, 0.05) is 9.84 Å². The summed E-state index contributed by atoms with van der Waals surface area (Å²) in [4.78, 5) is 0. The third-order valence-corrected chi connectivity index (χ3v) is 2.69. The average molecular weight is 258 g/mol.